The zero-order valence-electron chi connectivity index (χ0n) is 20.0. The number of hydrogen-bond acceptors (Lipinski definition) is 3. The molecule has 2 aliphatic rings. The van der Waals surface area contributed by atoms with Crippen molar-refractivity contribution in [3.8, 4) is 0 Å². The molecule has 0 bridgehead atoms. The van der Waals surface area contributed by atoms with Crippen molar-refractivity contribution in [2.24, 2.45) is 5.92 Å². The molecule has 0 aromatic heterocycles. The molecule has 1 N–H and O–H groups in total. The molecule has 0 radical (unpaired) electrons. The molecule has 2 aromatic rings. The van der Waals surface area contributed by atoms with E-state index >= 15 is 0 Å². The second kappa shape index (κ2) is 11.0. The molecule has 1 saturated carbocycles. The quantitative estimate of drug-likeness (QED) is 0.612. The van der Waals surface area contributed by atoms with Crippen molar-refractivity contribution in [2.45, 2.75) is 58.0 Å². The van der Waals surface area contributed by atoms with E-state index in [4.69, 9.17) is 0 Å². The Morgan fingerprint density at radius 1 is 1.00 bits per heavy atom. The second-order valence-electron chi connectivity index (χ2n) is 9.65. The summed E-state index contributed by atoms with van der Waals surface area (Å²) in [5, 5.41) is 3.35. The smallest absolute Gasteiger partial charge is 0.253 e. The van der Waals surface area contributed by atoms with Crippen LogP contribution in [0.5, 0.6) is 0 Å². The van der Waals surface area contributed by atoms with E-state index in [0.29, 0.717) is 18.5 Å². The standard InChI is InChI=1S/C28H37N3O2/c1-3-17-31(25-15-18-30(19-16-25)28(33)24-7-5-4-6-8-24)20-26(32)29-27(23-13-14-23)22-11-9-21(2)10-12-22/h4-12,23,25,27H,3,13-20H2,1-2H3,(H,29,32). The predicted octanol–water partition coefficient (Wildman–Crippen LogP) is 4.58. The summed E-state index contributed by atoms with van der Waals surface area (Å²) in [6.45, 7) is 7.08. The molecule has 2 amide bonds. The van der Waals surface area contributed by atoms with Crippen molar-refractivity contribution < 1.29 is 9.59 Å². The maximum atomic E-state index is 13.1. The number of piperidine rings is 1. The molecule has 2 fully saturated rings. The van der Waals surface area contributed by atoms with Gasteiger partial charge in [0, 0.05) is 24.7 Å². The lowest BCUT2D eigenvalue weighted by atomic mass is 10.0. The maximum Gasteiger partial charge on any atom is 0.253 e. The van der Waals surface area contributed by atoms with Crippen LogP contribution in [-0.4, -0.2) is 53.8 Å². The molecule has 0 spiro atoms. The van der Waals surface area contributed by atoms with E-state index in [-0.39, 0.29) is 17.9 Å². The van der Waals surface area contributed by atoms with Gasteiger partial charge in [-0.15, -0.1) is 0 Å². The topological polar surface area (TPSA) is 52.7 Å². The molecule has 5 nitrogen and oxygen atoms in total. The fraction of sp³-hybridized carbons (Fsp3) is 0.500. The Morgan fingerprint density at radius 2 is 1.67 bits per heavy atom. The van der Waals surface area contributed by atoms with E-state index < -0.39 is 0 Å². The molecule has 1 aliphatic carbocycles. The highest BCUT2D eigenvalue weighted by atomic mass is 16.2. The monoisotopic (exact) mass is 447 g/mol. The van der Waals surface area contributed by atoms with E-state index in [9.17, 15) is 9.59 Å². The van der Waals surface area contributed by atoms with Crippen LogP contribution in [0.2, 0.25) is 0 Å². The number of benzene rings is 2. The van der Waals surface area contributed by atoms with Crippen LogP contribution in [0.3, 0.4) is 0 Å². The van der Waals surface area contributed by atoms with Crippen LogP contribution < -0.4 is 5.32 Å². The first kappa shape index (κ1) is 23.5. The van der Waals surface area contributed by atoms with Crippen molar-refractivity contribution in [1.29, 1.82) is 0 Å². The average Bonchev–Trinajstić information content (AvgIpc) is 3.69. The van der Waals surface area contributed by atoms with Crippen molar-refractivity contribution in [1.82, 2.24) is 15.1 Å². The number of nitrogens with one attached hydrogen (secondary N) is 1. The largest absolute Gasteiger partial charge is 0.348 e. The van der Waals surface area contributed by atoms with Crippen LogP contribution in [0.25, 0.3) is 0 Å². The van der Waals surface area contributed by atoms with Gasteiger partial charge >= 0.3 is 0 Å². The van der Waals surface area contributed by atoms with Gasteiger partial charge in [-0.25, -0.2) is 0 Å². The van der Waals surface area contributed by atoms with Gasteiger partial charge in [-0.2, -0.15) is 0 Å². The Bertz CT molecular complexity index is 916. The van der Waals surface area contributed by atoms with E-state index in [0.717, 1.165) is 44.5 Å². The zero-order valence-corrected chi connectivity index (χ0v) is 20.0. The molecule has 4 rings (SSSR count). The fourth-order valence-electron chi connectivity index (χ4n) is 4.96. The number of aryl methyl sites for hydroxylation is 1. The summed E-state index contributed by atoms with van der Waals surface area (Å²) in [5.74, 6) is 0.784. The Labute approximate surface area is 198 Å². The summed E-state index contributed by atoms with van der Waals surface area (Å²) in [7, 11) is 0. The van der Waals surface area contributed by atoms with E-state index in [2.05, 4.69) is 48.3 Å². The fourth-order valence-corrected chi connectivity index (χ4v) is 4.96. The highest BCUT2D eigenvalue weighted by Crippen LogP contribution is 2.41. The van der Waals surface area contributed by atoms with Crippen molar-refractivity contribution in [2.75, 3.05) is 26.2 Å². The Kier molecular flexibility index (Phi) is 7.81. The third kappa shape index (κ3) is 6.23. The van der Waals surface area contributed by atoms with Crippen LogP contribution in [0.15, 0.2) is 54.6 Å². The van der Waals surface area contributed by atoms with Gasteiger partial charge in [0.1, 0.15) is 0 Å². The summed E-state index contributed by atoms with van der Waals surface area (Å²) >= 11 is 0. The van der Waals surface area contributed by atoms with Gasteiger partial charge in [0.05, 0.1) is 12.6 Å². The highest BCUT2D eigenvalue weighted by molar-refractivity contribution is 5.94. The Hall–Kier alpha value is -2.66. The third-order valence-electron chi connectivity index (χ3n) is 6.99. The summed E-state index contributed by atoms with van der Waals surface area (Å²) in [6, 6.07) is 18.5. The van der Waals surface area contributed by atoms with Gasteiger partial charge in [-0.3, -0.25) is 14.5 Å². The third-order valence-corrected chi connectivity index (χ3v) is 6.99. The van der Waals surface area contributed by atoms with Crippen LogP contribution >= 0.6 is 0 Å². The Balaban J connectivity index is 1.33. The molecule has 1 heterocycles. The molecule has 1 aliphatic heterocycles. The van der Waals surface area contributed by atoms with E-state index in [1.807, 2.05) is 35.2 Å². The van der Waals surface area contributed by atoms with Crippen LogP contribution in [-0.2, 0) is 4.79 Å². The van der Waals surface area contributed by atoms with Crippen molar-refractivity contribution in [3.05, 3.63) is 71.3 Å². The second-order valence-corrected chi connectivity index (χ2v) is 9.65. The van der Waals surface area contributed by atoms with Gasteiger partial charge in [0.25, 0.3) is 5.91 Å². The molecule has 1 saturated heterocycles. The van der Waals surface area contributed by atoms with Crippen molar-refractivity contribution >= 4 is 11.8 Å². The number of likely N-dealkylation sites (tertiary alicyclic amines) is 1. The molecule has 2 aromatic carbocycles. The summed E-state index contributed by atoms with van der Waals surface area (Å²) < 4.78 is 0. The molecular formula is C28H37N3O2. The molecule has 33 heavy (non-hydrogen) atoms. The van der Waals surface area contributed by atoms with E-state index in [1.54, 1.807) is 0 Å². The van der Waals surface area contributed by atoms with Gasteiger partial charge in [0.2, 0.25) is 5.91 Å². The number of nitrogens with zero attached hydrogens (tertiary/aromatic N) is 2. The number of rotatable bonds is 9. The van der Waals surface area contributed by atoms with Crippen LogP contribution in [0.4, 0.5) is 0 Å². The zero-order chi connectivity index (χ0) is 23.2. The summed E-state index contributed by atoms with van der Waals surface area (Å²) in [6.07, 6.45) is 5.21. The number of carbonyl (C=O) groups is 2. The van der Waals surface area contributed by atoms with Gasteiger partial charge < -0.3 is 10.2 Å². The lowest BCUT2D eigenvalue weighted by Crippen LogP contribution is -2.50. The first-order chi connectivity index (χ1) is 16.0. The number of amides is 2. The van der Waals surface area contributed by atoms with Crippen LogP contribution in [0.1, 0.15) is 66.6 Å². The van der Waals surface area contributed by atoms with Gasteiger partial charge in [-0.05, 0) is 69.2 Å². The lowest BCUT2D eigenvalue weighted by Gasteiger charge is -2.38. The highest BCUT2D eigenvalue weighted by Gasteiger charge is 2.34. The van der Waals surface area contributed by atoms with Gasteiger partial charge in [-0.1, -0.05) is 55.0 Å². The minimum Gasteiger partial charge on any atom is -0.348 e. The molecule has 176 valence electrons. The molecule has 5 heteroatoms. The van der Waals surface area contributed by atoms with E-state index in [1.165, 1.54) is 24.0 Å². The van der Waals surface area contributed by atoms with Crippen molar-refractivity contribution in [3.63, 3.8) is 0 Å². The summed E-state index contributed by atoms with van der Waals surface area (Å²) in [4.78, 5) is 30.2. The maximum absolute atomic E-state index is 13.1. The first-order valence-electron chi connectivity index (χ1n) is 12.5. The number of hydrogen-bond donors (Lipinski definition) is 1. The SMILES string of the molecule is CCCN(CC(=O)NC(c1ccc(C)cc1)C1CC1)C1CCN(C(=O)c2ccccc2)CC1. The molecular weight excluding hydrogens is 410 g/mol. The lowest BCUT2D eigenvalue weighted by molar-refractivity contribution is -0.124. The molecule has 1 unspecified atom stereocenters. The predicted molar refractivity (Wildman–Crippen MR) is 132 cm³/mol. The summed E-state index contributed by atoms with van der Waals surface area (Å²) in [5.41, 5.74) is 3.21. The molecule has 1 atom stereocenters. The van der Waals surface area contributed by atoms with Crippen LogP contribution in [0, 0.1) is 12.8 Å². The average molecular weight is 448 g/mol. The van der Waals surface area contributed by atoms with Gasteiger partial charge in [0.15, 0.2) is 0 Å². The minimum absolute atomic E-state index is 0.110. The minimum atomic E-state index is 0.110. The Morgan fingerprint density at radius 3 is 2.27 bits per heavy atom. The first-order valence-corrected chi connectivity index (χ1v) is 12.5. The number of carbonyl (C=O) groups excluding carboxylic acids is 2. The normalized spacial score (nSPS) is 17.7.